The summed E-state index contributed by atoms with van der Waals surface area (Å²) in [5.41, 5.74) is 1.05. The fourth-order valence-electron chi connectivity index (χ4n) is 3.91. The number of allylic oxidation sites excluding steroid dienone is 1. The normalized spacial score (nSPS) is 19.6. The first-order chi connectivity index (χ1) is 17.3. The summed E-state index contributed by atoms with van der Waals surface area (Å²) < 4.78 is 45.4. The topological polar surface area (TPSA) is 105 Å². The molecule has 2 aromatic rings. The second kappa shape index (κ2) is 11.9. The van der Waals surface area contributed by atoms with Gasteiger partial charge in [-0.25, -0.2) is 8.42 Å². The van der Waals surface area contributed by atoms with E-state index in [0.29, 0.717) is 25.3 Å². The van der Waals surface area contributed by atoms with Gasteiger partial charge in [0.1, 0.15) is 5.75 Å². The molecule has 0 bridgehead atoms. The van der Waals surface area contributed by atoms with Crippen molar-refractivity contribution in [2.45, 2.75) is 23.5 Å². The van der Waals surface area contributed by atoms with Crippen molar-refractivity contribution in [3.63, 3.8) is 0 Å². The first-order valence-electron chi connectivity index (χ1n) is 11.6. The molecule has 4 rings (SSSR count). The van der Waals surface area contributed by atoms with Gasteiger partial charge in [0.25, 0.3) is 5.91 Å². The largest absolute Gasteiger partial charge is 0.497 e. The lowest BCUT2D eigenvalue weighted by Crippen LogP contribution is -2.37. The van der Waals surface area contributed by atoms with Crippen LogP contribution in [0.15, 0.2) is 65.3 Å². The number of amides is 1. The van der Waals surface area contributed by atoms with E-state index < -0.39 is 16.3 Å². The van der Waals surface area contributed by atoms with E-state index >= 15 is 0 Å². The molecule has 2 aliphatic rings. The molecule has 2 aliphatic heterocycles. The molecule has 2 aromatic carbocycles. The highest BCUT2D eigenvalue weighted by Gasteiger charge is 2.34. The monoisotopic (exact) mass is 628 g/mol. The number of rotatable bonds is 11. The van der Waals surface area contributed by atoms with Gasteiger partial charge in [0.05, 0.1) is 25.2 Å². The van der Waals surface area contributed by atoms with Crippen LogP contribution in [0.4, 0.5) is 0 Å². The molecule has 0 spiro atoms. The Hall–Kier alpha value is -2.19. The Balaban J connectivity index is 1.43. The SMILES string of the molecule is COc1ccc(S(=O)(=O)N(CCO)CCO[C@@H]2C[C@H](c3ccc(I)cc3)C=C(C(=O)N3CC3)O2)cc1. The summed E-state index contributed by atoms with van der Waals surface area (Å²) in [5.74, 6) is 0.563. The predicted octanol–water partition coefficient (Wildman–Crippen LogP) is 2.56. The molecule has 1 amide bonds. The van der Waals surface area contributed by atoms with Crippen LogP contribution >= 0.6 is 22.6 Å². The summed E-state index contributed by atoms with van der Waals surface area (Å²) in [6.45, 7) is 1.05. The Morgan fingerprint density at radius 3 is 2.44 bits per heavy atom. The van der Waals surface area contributed by atoms with E-state index in [2.05, 4.69) is 22.6 Å². The molecule has 0 saturated carbocycles. The minimum Gasteiger partial charge on any atom is -0.497 e. The van der Waals surface area contributed by atoms with Crippen LogP contribution in [-0.2, 0) is 24.3 Å². The van der Waals surface area contributed by atoms with Gasteiger partial charge in [0.15, 0.2) is 5.76 Å². The van der Waals surface area contributed by atoms with Crippen LogP contribution in [0.1, 0.15) is 17.9 Å². The minimum atomic E-state index is -3.85. The number of ether oxygens (including phenoxy) is 3. The predicted molar refractivity (Wildman–Crippen MR) is 141 cm³/mol. The smallest absolute Gasteiger partial charge is 0.288 e. The summed E-state index contributed by atoms with van der Waals surface area (Å²) in [7, 11) is -2.35. The first kappa shape index (κ1) is 26.9. The lowest BCUT2D eigenvalue weighted by molar-refractivity contribution is -0.149. The van der Waals surface area contributed by atoms with Gasteiger partial charge in [-0.1, -0.05) is 12.1 Å². The summed E-state index contributed by atoms with van der Waals surface area (Å²) >= 11 is 2.24. The number of aliphatic hydroxyl groups excluding tert-OH is 1. The molecule has 9 nitrogen and oxygen atoms in total. The number of methoxy groups -OCH3 is 1. The van der Waals surface area contributed by atoms with Crippen molar-refractivity contribution in [3.8, 4) is 5.75 Å². The van der Waals surface area contributed by atoms with Gasteiger partial charge >= 0.3 is 0 Å². The number of carbonyl (C=O) groups excluding carboxylic acids is 1. The number of sulfonamides is 1. The van der Waals surface area contributed by atoms with E-state index in [1.54, 1.807) is 17.0 Å². The van der Waals surface area contributed by atoms with Gasteiger partial charge in [-0.2, -0.15) is 4.31 Å². The first-order valence-corrected chi connectivity index (χ1v) is 14.1. The van der Waals surface area contributed by atoms with Gasteiger partial charge in [-0.3, -0.25) is 4.79 Å². The average molecular weight is 628 g/mol. The highest BCUT2D eigenvalue weighted by atomic mass is 127. The summed E-state index contributed by atoms with van der Waals surface area (Å²) in [4.78, 5) is 14.5. The average Bonchev–Trinajstić information content (AvgIpc) is 3.73. The number of carbonyl (C=O) groups is 1. The fourth-order valence-corrected chi connectivity index (χ4v) is 5.68. The van der Waals surface area contributed by atoms with Crippen LogP contribution in [0.2, 0.25) is 0 Å². The summed E-state index contributed by atoms with van der Waals surface area (Å²) in [5, 5.41) is 9.47. The zero-order valence-electron chi connectivity index (χ0n) is 19.9. The van der Waals surface area contributed by atoms with Crippen molar-refractivity contribution in [2.24, 2.45) is 0 Å². The number of aliphatic hydroxyl groups is 1. The van der Waals surface area contributed by atoms with Gasteiger partial charge in [0.2, 0.25) is 16.3 Å². The summed E-state index contributed by atoms with van der Waals surface area (Å²) in [6.07, 6.45) is 1.62. The van der Waals surface area contributed by atoms with E-state index in [1.165, 1.54) is 23.5 Å². The molecule has 11 heteroatoms. The third kappa shape index (κ3) is 6.57. The van der Waals surface area contributed by atoms with Crippen molar-refractivity contribution in [1.29, 1.82) is 0 Å². The van der Waals surface area contributed by atoms with Crippen LogP contribution in [0.25, 0.3) is 0 Å². The number of benzene rings is 2. The standard InChI is InChI=1S/C25H29IN2O7S/c1-33-21-6-8-22(9-7-21)36(31,32)28(12-14-29)13-15-34-24-17-19(18-2-4-20(26)5-3-18)16-23(35-24)25(30)27-10-11-27/h2-9,16,19,24,29H,10-15,17H2,1H3/t19-,24+/m1/s1. The Morgan fingerprint density at radius 2 is 1.83 bits per heavy atom. The van der Waals surface area contributed by atoms with Crippen molar-refractivity contribution in [1.82, 2.24) is 9.21 Å². The van der Waals surface area contributed by atoms with E-state index in [4.69, 9.17) is 14.2 Å². The molecule has 0 aromatic heterocycles. The molecular formula is C25H29IN2O7S. The maximum absolute atomic E-state index is 13.1. The summed E-state index contributed by atoms with van der Waals surface area (Å²) in [6, 6.07) is 14.1. The van der Waals surface area contributed by atoms with E-state index in [9.17, 15) is 18.3 Å². The molecule has 0 aliphatic carbocycles. The van der Waals surface area contributed by atoms with Gasteiger partial charge in [0, 0.05) is 42.1 Å². The molecule has 36 heavy (non-hydrogen) atoms. The fraction of sp³-hybridized carbons (Fsp3) is 0.400. The maximum Gasteiger partial charge on any atom is 0.288 e. The van der Waals surface area contributed by atoms with E-state index in [1.807, 2.05) is 30.3 Å². The third-order valence-electron chi connectivity index (χ3n) is 5.99. The number of hydrogen-bond acceptors (Lipinski definition) is 7. The lowest BCUT2D eigenvalue weighted by Gasteiger charge is -2.30. The number of halogens is 1. The van der Waals surface area contributed by atoms with Crippen LogP contribution in [0.5, 0.6) is 5.75 Å². The minimum absolute atomic E-state index is 0.0160. The van der Waals surface area contributed by atoms with Crippen molar-refractivity contribution in [2.75, 3.05) is 46.5 Å². The van der Waals surface area contributed by atoms with Gasteiger partial charge in [-0.15, -0.1) is 0 Å². The molecule has 0 unspecified atom stereocenters. The number of nitrogens with zero attached hydrogens (tertiary/aromatic N) is 2. The highest BCUT2D eigenvalue weighted by molar-refractivity contribution is 14.1. The highest BCUT2D eigenvalue weighted by Crippen LogP contribution is 2.33. The van der Waals surface area contributed by atoms with Crippen molar-refractivity contribution in [3.05, 3.63) is 69.5 Å². The molecule has 1 saturated heterocycles. The molecule has 1 fully saturated rings. The molecular weight excluding hydrogens is 599 g/mol. The van der Waals surface area contributed by atoms with Crippen LogP contribution < -0.4 is 4.74 Å². The maximum atomic E-state index is 13.1. The molecule has 194 valence electrons. The van der Waals surface area contributed by atoms with E-state index in [-0.39, 0.29) is 48.8 Å². The second-order valence-electron chi connectivity index (χ2n) is 8.44. The van der Waals surface area contributed by atoms with Crippen molar-refractivity contribution >= 4 is 38.5 Å². The molecule has 1 N–H and O–H groups in total. The van der Waals surface area contributed by atoms with Gasteiger partial charge in [-0.05, 0) is 70.6 Å². The molecule has 2 heterocycles. The second-order valence-corrected chi connectivity index (χ2v) is 11.6. The molecule has 0 radical (unpaired) electrons. The van der Waals surface area contributed by atoms with Crippen molar-refractivity contribution < 1.29 is 32.5 Å². The van der Waals surface area contributed by atoms with E-state index in [0.717, 1.165) is 9.13 Å². The van der Waals surface area contributed by atoms with Crippen LogP contribution in [-0.4, -0.2) is 81.4 Å². The Labute approximate surface area is 224 Å². The Morgan fingerprint density at radius 1 is 1.14 bits per heavy atom. The Bertz CT molecular complexity index is 1180. The third-order valence-corrected chi connectivity index (χ3v) is 8.62. The van der Waals surface area contributed by atoms with Gasteiger partial charge < -0.3 is 24.2 Å². The molecule has 2 atom stereocenters. The Kier molecular flexibility index (Phi) is 8.88. The quantitative estimate of drug-likeness (QED) is 0.302. The lowest BCUT2D eigenvalue weighted by atomic mass is 9.93. The zero-order valence-corrected chi connectivity index (χ0v) is 22.9. The number of hydrogen-bond donors (Lipinski definition) is 1. The zero-order chi connectivity index (χ0) is 25.7. The van der Waals surface area contributed by atoms with Crippen LogP contribution in [0, 0.1) is 3.57 Å². The van der Waals surface area contributed by atoms with Crippen LogP contribution in [0.3, 0.4) is 0 Å².